The monoisotopic (exact) mass is 391 g/mol. The molecule has 0 aromatic heterocycles. The van der Waals surface area contributed by atoms with Crippen LogP contribution in [-0.4, -0.2) is 67.0 Å². The summed E-state index contributed by atoms with van der Waals surface area (Å²) in [6, 6.07) is 0.599. The van der Waals surface area contributed by atoms with Gasteiger partial charge < -0.3 is 16.0 Å². The van der Waals surface area contributed by atoms with E-state index in [4.69, 9.17) is 10.7 Å². The van der Waals surface area contributed by atoms with Crippen molar-refractivity contribution in [3.05, 3.63) is 0 Å². The number of rotatable bonds is 7. The summed E-state index contributed by atoms with van der Waals surface area (Å²) in [5, 5.41) is 3.49. The minimum atomic E-state index is -0.182. The van der Waals surface area contributed by atoms with Crippen molar-refractivity contribution in [2.45, 2.75) is 77.2 Å². The fourth-order valence-corrected chi connectivity index (χ4v) is 5.37. The molecular weight excluding hydrogens is 350 g/mol. The van der Waals surface area contributed by atoms with E-state index in [0.29, 0.717) is 18.4 Å². The maximum absolute atomic E-state index is 11.3. The Labute approximate surface area is 171 Å². The van der Waals surface area contributed by atoms with Crippen LogP contribution in [0.4, 0.5) is 0 Å². The Morgan fingerprint density at radius 1 is 1.04 bits per heavy atom. The third kappa shape index (κ3) is 6.36. The number of nitrogens with zero attached hydrogens (tertiary/aromatic N) is 3. The molecule has 0 aromatic carbocycles. The Balaban J connectivity index is 1.55. The van der Waals surface area contributed by atoms with Crippen LogP contribution in [0.25, 0.3) is 0 Å². The van der Waals surface area contributed by atoms with E-state index in [1.165, 1.54) is 58.0 Å². The number of nitrogens with one attached hydrogen (secondary N) is 1. The van der Waals surface area contributed by atoms with Crippen molar-refractivity contribution in [3.8, 4) is 0 Å². The molecule has 2 saturated heterocycles. The van der Waals surface area contributed by atoms with Crippen molar-refractivity contribution in [1.29, 1.82) is 0 Å². The maximum atomic E-state index is 11.3. The second kappa shape index (κ2) is 11.0. The van der Waals surface area contributed by atoms with Crippen LogP contribution in [0.3, 0.4) is 0 Å². The molecule has 2 unspecified atom stereocenters. The van der Waals surface area contributed by atoms with Crippen LogP contribution >= 0.6 is 0 Å². The van der Waals surface area contributed by atoms with Crippen LogP contribution in [-0.2, 0) is 4.79 Å². The molecule has 1 amide bonds. The minimum Gasteiger partial charge on any atom is -0.370 e. The molecule has 3 rings (SSSR count). The molecule has 6 heteroatoms. The molecule has 3 fully saturated rings. The summed E-state index contributed by atoms with van der Waals surface area (Å²) in [6.45, 7) is 8.35. The lowest BCUT2D eigenvalue weighted by molar-refractivity contribution is -0.119. The van der Waals surface area contributed by atoms with E-state index in [0.717, 1.165) is 50.9 Å². The van der Waals surface area contributed by atoms with Gasteiger partial charge in [-0.15, -0.1) is 0 Å². The highest BCUT2D eigenvalue weighted by atomic mass is 16.1. The summed E-state index contributed by atoms with van der Waals surface area (Å²) in [6.07, 6.45) is 12.4. The highest BCUT2D eigenvalue weighted by molar-refractivity contribution is 5.80. The molecule has 3 N–H and O–H groups in total. The molecule has 0 aromatic rings. The second-order valence-corrected chi connectivity index (χ2v) is 9.11. The Bertz CT molecular complexity index is 517. The van der Waals surface area contributed by atoms with E-state index < -0.39 is 0 Å². The van der Waals surface area contributed by atoms with Gasteiger partial charge in [0.1, 0.15) is 0 Å². The van der Waals surface area contributed by atoms with E-state index >= 15 is 0 Å². The molecule has 2 heterocycles. The molecule has 160 valence electrons. The van der Waals surface area contributed by atoms with Crippen molar-refractivity contribution in [3.63, 3.8) is 0 Å². The van der Waals surface area contributed by atoms with E-state index in [-0.39, 0.29) is 5.91 Å². The van der Waals surface area contributed by atoms with Crippen molar-refractivity contribution >= 4 is 11.9 Å². The highest BCUT2D eigenvalue weighted by Gasteiger charge is 2.28. The lowest BCUT2D eigenvalue weighted by Gasteiger charge is -2.35. The van der Waals surface area contributed by atoms with Gasteiger partial charge in [-0.2, -0.15) is 0 Å². The molecule has 28 heavy (non-hydrogen) atoms. The number of primary amides is 1. The molecule has 3 aliphatic rings. The standard InChI is InChI=1S/C22H41N5O/c1-2-24-22(27-13-6-10-19(17-27)14-21(23)28)25-15-20-11-7-12-26(20)16-18-8-4-3-5-9-18/h18-20H,2-17H2,1H3,(H2,23,28)(H,24,25). The summed E-state index contributed by atoms with van der Waals surface area (Å²) in [5.41, 5.74) is 5.43. The van der Waals surface area contributed by atoms with Crippen LogP contribution in [0, 0.1) is 11.8 Å². The predicted molar refractivity (Wildman–Crippen MR) is 115 cm³/mol. The SMILES string of the molecule is CCNC(=NCC1CCCN1CC1CCCCC1)N1CCCC(CC(N)=O)C1. The van der Waals surface area contributed by atoms with Gasteiger partial charge in [0.15, 0.2) is 5.96 Å². The Kier molecular flexibility index (Phi) is 8.44. The lowest BCUT2D eigenvalue weighted by Crippen LogP contribution is -2.47. The average Bonchev–Trinajstić information content (AvgIpc) is 3.12. The van der Waals surface area contributed by atoms with Gasteiger partial charge >= 0.3 is 0 Å². The van der Waals surface area contributed by atoms with Gasteiger partial charge in [-0.1, -0.05) is 19.3 Å². The zero-order valence-electron chi connectivity index (χ0n) is 17.9. The number of nitrogens with two attached hydrogens (primary N) is 1. The number of amides is 1. The molecular formula is C22H41N5O. The molecule has 0 radical (unpaired) electrons. The topological polar surface area (TPSA) is 74.0 Å². The van der Waals surface area contributed by atoms with Crippen molar-refractivity contribution in [1.82, 2.24) is 15.1 Å². The third-order valence-corrected chi connectivity index (χ3v) is 6.81. The predicted octanol–water partition coefficient (Wildman–Crippen LogP) is 2.58. The Morgan fingerprint density at radius 3 is 2.54 bits per heavy atom. The zero-order valence-corrected chi connectivity index (χ0v) is 17.9. The molecule has 1 saturated carbocycles. The van der Waals surface area contributed by atoms with E-state index in [2.05, 4.69) is 22.0 Å². The van der Waals surface area contributed by atoms with Gasteiger partial charge in [-0.25, -0.2) is 0 Å². The summed E-state index contributed by atoms with van der Waals surface area (Å²) < 4.78 is 0. The van der Waals surface area contributed by atoms with Gasteiger partial charge in [0.25, 0.3) is 0 Å². The van der Waals surface area contributed by atoms with E-state index in [1.807, 2.05) is 0 Å². The second-order valence-electron chi connectivity index (χ2n) is 9.11. The van der Waals surface area contributed by atoms with Crippen molar-refractivity contribution in [2.75, 3.05) is 39.3 Å². The van der Waals surface area contributed by atoms with Crippen LogP contribution < -0.4 is 11.1 Å². The highest BCUT2D eigenvalue weighted by Crippen LogP contribution is 2.28. The maximum Gasteiger partial charge on any atom is 0.217 e. The van der Waals surface area contributed by atoms with Crippen LogP contribution in [0.5, 0.6) is 0 Å². The average molecular weight is 392 g/mol. The fourth-order valence-electron chi connectivity index (χ4n) is 5.37. The first-order chi connectivity index (χ1) is 13.7. The first-order valence-electron chi connectivity index (χ1n) is 11.7. The number of hydrogen-bond acceptors (Lipinski definition) is 3. The smallest absolute Gasteiger partial charge is 0.217 e. The molecule has 2 aliphatic heterocycles. The lowest BCUT2D eigenvalue weighted by atomic mass is 9.89. The minimum absolute atomic E-state index is 0.182. The first-order valence-corrected chi connectivity index (χ1v) is 11.7. The molecule has 6 nitrogen and oxygen atoms in total. The fraction of sp³-hybridized carbons (Fsp3) is 0.909. The molecule has 2 atom stereocenters. The summed E-state index contributed by atoms with van der Waals surface area (Å²) in [4.78, 5) is 21.4. The summed E-state index contributed by atoms with van der Waals surface area (Å²) in [5.74, 6) is 2.12. The van der Waals surface area contributed by atoms with Crippen LogP contribution in [0.15, 0.2) is 4.99 Å². The van der Waals surface area contributed by atoms with E-state index in [1.54, 1.807) is 0 Å². The number of guanidine groups is 1. The first kappa shape index (κ1) is 21.4. The third-order valence-electron chi connectivity index (χ3n) is 6.81. The quantitative estimate of drug-likeness (QED) is 0.517. The molecule has 0 bridgehead atoms. The summed E-state index contributed by atoms with van der Waals surface area (Å²) in [7, 11) is 0. The van der Waals surface area contributed by atoms with E-state index in [9.17, 15) is 4.79 Å². The van der Waals surface area contributed by atoms with Gasteiger partial charge in [0.05, 0.1) is 6.54 Å². The number of aliphatic imine (C=N–C) groups is 1. The zero-order chi connectivity index (χ0) is 19.8. The van der Waals surface area contributed by atoms with Crippen LogP contribution in [0.1, 0.15) is 71.1 Å². The van der Waals surface area contributed by atoms with Gasteiger partial charge in [-0.05, 0) is 63.8 Å². The van der Waals surface area contributed by atoms with Gasteiger partial charge in [-0.3, -0.25) is 14.7 Å². The van der Waals surface area contributed by atoms with Crippen LogP contribution in [0.2, 0.25) is 0 Å². The Morgan fingerprint density at radius 2 is 1.79 bits per heavy atom. The van der Waals surface area contributed by atoms with Crippen molar-refractivity contribution in [2.24, 2.45) is 22.6 Å². The number of carbonyl (C=O) groups excluding carboxylic acids is 1. The molecule has 1 aliphatic carbocycles. The number of hydrogen-bond donors (Lipinski definition) is 2. The number of likely N-dealkylation sites (tertiary alicyclic amines) is 2. The Hall–Kier alpha value is -1.30. The van der Waals surface area contributed by atoms with Gasteiger partial charge in [0.2, 0.25) is 5.91 Å². The largest absolute Gasteiger partial charge is 0.370 e. The van der Waals surface area contributed by atoms with Gasteiger partial charge in [0, 0.05) is 38.6 Å². The number of piperidine rings is 1. The molecule has 0 spiro atoms. The van der Waals surface area contributed by atoms with Crippen molar-refractivity contribution < 1.29 is 4.79 Å². The summed E-state index contributed by atoms with van der Waals surface area (Å²) >= 11 is 0. The normalized spacial score (nSPS) is 27.9. The number of carbonyl (C=O) groups is 1.